The van der Waals surface area contributed by atoms with Gasteiger partial charge in [-0.15, -0.1) is 0 Å². The summed E-state index contributed by atoms with van der Waals surface area (Å²) in [6, 6.07) is 3.21. The van der Waals surface area contributed by atoms with Crippen LogP contribution in [0.4, 0.5) is 14.6 Å². The monoisotopic (exact) mass is 347 g/mol. The number of hydrogen-bond donors (Lipinski definition) is 1. The molecule has 0 saturated heterocycles. The highest BCUT2D eigenvalue weighted by molar-refractivity contribution is 5.97. The Kier molecular flexibility index (Phi) is 5.18. The van der Waals surface area contributed by atoms with E-state index < -0.39 is 11.6 Å². The molecule has 0 atom stereocenters. The standard InChI is InChI=1S/C17H19F2N5O/c1-3-24(4-2)6-5-20-16-14-15(23-25-17(14)22-10-21-16)11-7-12(18)9-13(19)8-11/h7-10H,3-6H2,1-2H3,(H,20,21,22). The summed E-state index contributed by atoms with van der Waals surface area (Å²) in [5, 5.41) is 7.66. The lowest BCUT2D eigenvalue weighted by Crippen LogP contribution is -2.28. The maximum Gasteiger partial charge on any atom is 0.263 e. The van der Waals surface area contributed by atoms with E-state index in [9.17, 15) is 8.78 Å². The van der Waals surface area contributed by atoms with Crippen molar-refractivity contribution < 1.29 is 13.3 Å². The van der Waals surface area contributed by atoms with Gasteiger partial charge in [0.1, 0.15) is 34.9 Å². The molecule has 3 aromatic rings. The first-order valence-electron chi connectivity index (χ1n) is 8.15. The maximum absolute atomic E-state index is 13.5. The van der Waals surface area contributed by atoms with Crippen molar-refractivity contribution in [3.63, 3.8) is 0 Å². The number of hydrogen-bond acceptors (Lipinski definition) is 6. The Morgan fingerprint density at radius 2 is 1.80 bits per heavy atom. The summed E-state index contributed by atoms with van der Waals surface area (Å²) in [5.74, 6) is -0.837. The van der Waals surface area contributed by atoms with Crippen molar-refractivity contribution in [1.82, 2.24) is 20.0 Å². The smallest absolute Gasteiger partial charge is 0.263 e. The number of fused-ring (bicyclic) bond motifs is 1. The van der Waals surface area contributed by atoms with Gasteiger partial charge in [0.05, 0.1) is 0 Å². The zero-order valence-electron chi connectivity index (χ0n) is 14.1. The molecule has 132 valence electrons. The lowest BCUT2D eigenvalue weighted by Gasteiger charge is -2.18. The van der Waals surface area contributed by atoms with Gasteiger partial charge in [0.2, 0.25) is 0 Å². The molecular formula is C17H19F2N5O. The first-order chi connectivity index (χ1) is 12.1. The quantitative estimate of drug-likeness (QED) is 0.707. The molecule has 0 aliphatic carbocycles. The van der Waals surface area contributed by atoms with Crippen LogP contribution >= 0.6 is 0 Å². The van der Waals surface area contributed by atoms with Crippen molar-refractivity contribution in [3.05, 3.63) is 36.2 Å². The first-order valence-corrected chi connectivity index (χ1v) is 8.15. The largest absolute Gasteiger partial charge is 0.368 e. The molecule has 3 rings (SSSR count). The van der Waals surface area contributed by atoms with Gasteiger partial charge in [0, 0.05) is 24.7 Å². The van der Waals surface area contributed by atoms with Crippen LogP contribution < -0.4 is 5.32 Å². The Hall–Kier alpha value is -2.61. The molecule has 0 unspecified atom stereocenters. The lowest BCUT2D eigenvalue weighted by molar-refractivity contribution is 0.316. The molecule has 1 aromatic carbocycles. The minimum absolute atomic E-state index is 0.264. The maximum atomic E-state index is 13.5. The van der Waals surface area contributed by atoms with E-state index in [-0.39, 0.29) is 11.3 Å². The highest BCUT2D eigenvalue weighted by Gasteiger charge is 2.18. The number of halogens is 2. The molecule has 0 aliphatic heterocycles. The summed E-state index contributed by atoms with van der Waals surface area (Å²) in [5.41, 5.74) is 0.845. The number of nitrogens with zero attached hydrogens (tertiary/aromatic N) is 4. The first kappa shape index (κ1) is 17.2. The van der Waals surface area contributed by atoms with Crippen LogP contribution in [-0.2, 0) is 0 Å². The van der Waals surface area contributed by atoms with Crippen molar-refractivity contribution in [2.75, 3.05) is 31.5 Å². The minimum Gasteiger partial charge on any atom is -0.368 e. The second-order valence-electron chi connectivity index (χ2n) is 5.55. The molecule has 0 fully saturated rings. The molecule has 0 amide bonds. The van der Waals surface area contributed by atoms with Gasteiger partial charge in [-0.2, -0.15) is 4.98 Å². The molecule has 0 bridgehead atoms. The van der Waals surface area contributed by atoms with Crippen molar-refractivity contribution in [3.8, 4) is 11.3 Å². The molecule has 0 spiro atoms. The van der Waals surface area contributed by atoms with E-state index in [1.165, 1.54) is 18.5 Å². The number of benzene rings is 1. The van der Waals surface area contributed by atoms with Crippen molar-refractivity contribution in [2.45, 2.75) is 13.8 Å². The van der Waals surface area contributed by atoms with E-state index in [1.54, 1.807) is 0 Å². The van der Waals surface area contributed by atoms with E-state index in [0.29, 0.717) is 23.4 Å². The van der Waals surface area contributed by atoms with Crippen LogP contribution in [0.2, 0.25) is 0 Å². The average Bonchev–Trinajstić information content (AvgIpc) is 3.03. The third kappa shape index (κ3) is 3.74. The molecule has 8 heteroatoms. The van der Waals surface area contributed by atoms with E-state index in [2.05, 4.69) is 39.2 Å². The van der Waals surface area contributed by atoms with Crippen LogP contribution in [0.1, 0.15) is 13.8 Å². The van der Waals surface area contributed by atoms with E-state index in [0.717, 1.165) is 25.7 Å². The topological polar surface area (TPSA) is 67.1 Å². The fourth-order valence-electron chi connectivity index (χ4n) is 2.68. The van der Waals surface area contributed by atoms with E-state index in [1.807, 2.05) is 0 Å². The van der Waals surface area contributed by atoms with Gasteiger partial charge in [-0.3, -0.25) is 0 Å². The van der Waals surface area contributed by atoms with Gasteiger partial charge >= 0.3 is 0 Å². The number of likely N-dealkylation sites (N-methyl/N-ethyl adjacent to an activating group) is 1. The molecule has 1 N–H and O–H groups in total. The third-order valence-corrected chi connectivity index (χ3v) is 4.02. The van der Waals surface area contributed by atoms with Gasteiger partial charge < -0.3 is 14.7 Å². The van der Waals surface area contributed by atoms with Crippen molar-refractivity contribution in [1.29, 1.82) is 0 Å². The van der Waals surface area contributed by atoms with Crippen LogP contribution in [-0.4, -0.2) is 46.2 Å². The Labute approximate surface area is 143 Å². The SMILES string of the molecule is CCN(CC)CCNc1ncnc2onc(-c3cc(F)cc(F)c3)c12. The summed E-state index contributed by atoms with van der Waals surface area (Å²) in [6.07, 6.45) is 1.36. The number of nitrogens with one attached hydrogen (secondary N) is 1. The summed E-state index contributed by atoms with van der Waals surface area (Å²) in [4.78, 5) is 10.5. The van der Waals surface area contributed by atoms with Gasteiger partial charge in [0.25, 0.3) is 5.71 Å². The Morgan fingerprint density at radius 3 is 2.48 bits per heavy atom. The second-order valence-corrected chi connectivity index (χ2v) is 5.55. The highest BCUT2D eigenvalue weighted by Crippen LogP contribution is 2.31. The summed E-state index contributed by atoms with van der Waals surface area (Å²) < 4.78 is 32.3. The van der Waals surface area contributed by atoms with Crippen LogP contribution in [0.25, 0.3) is 22.4 Å². The molecular weight excluding hydrogens is 328 g/mol. The van der Waals surface area contributed by atoms with Crippen LogP contribution in [0.15, 0.2) is 29.0 Å². The van der Waals surface area contributed by atoms with Crippen LogP contribution in [0.3, 0.4) is 0 Å². The predicted octanol–water partition coefficient (Wildman–Crippen LogP) is 3.32. The number of aromatic nitrogens is 3. The fraction of sp³-hybridized carbons (Fsp3) is 0.353. The van der Waals surface area contributed by atoms with Crippen molar-refractivity contribution in [2.24, 2.45) is 0 Å². The molecule has 0 aliphatic rings. The zero-order valence-corrected chi connectivity index (χ0v) is 14.1. The Bertz CT molecular complexity index is 843. The Balaban J connectivity index is 1.93. The van der Waals surface area contributed by atoms with Gasteiger partial charge in [-0.05, 0) is 25.2 Å². The molecule has 6 nitrogen and oxygen atoms in total. The van der Waals surface area contributed by atoms with Crippen molar-refractivity contribution >= 4 is 16.9 Å². The van der Waals surface area contributed by atoms with Crippen LogP contribution in [0.5, 0.6) is 0 Å². The van der Waals surface area contributed by atoms with E-state index >= 15 is 0 Å². The molecule has 2 heterocycles. The minimum atomic E-state index is -0.681. The summed E-state index contributed by atoms with van der Waals surface area (Å²) in [7, 11) is 0. The summed E-state index contributed by atoms with van der Waals surface area (Å²) >= 11 is 0. The van der Waals surface area contributed by atoms with E-state index in [4.69, 9.17) is 4.52 Å². The fourth-order valence-corrected chi connectivity index (χ4v) is 2.68. The number of anilines is 1. The Morgan fingerprint density at radius 1 is 1.08 bits per heavy atom. The predicted molar refractivity (Wildman–Crippen MR) is 91.2 cm³/mol. The molecule has 0 saturated carbocycles. The van der Waals surface area contributed by atoms with Gasteiger partial charge in [-0.1, -0.05) is 19.0 Å². The second kappa shape index (κ2) is 7.52. The molecule has 2 aromatic heterocycles. The average molecular weight is 347 g/mol. The van der Waals surface area contributed by atoms with Crippen LogP contribution in [0, 0.1) is 11.6 Å². The van der Waals surface area contributed by atoms with Gasteiger partial charge in [0.15, 0.2) is 0 Å². The lowest BCUT2D eigenvalue weighted by atomic mass is 10.1. The van der Waals surface area contributed by atoms with Gasteiger partial charge in [-0.25, -0.2) is 13.8 Å². The normalized spacial score (nSPS) is 11.4. The zero-order chi connectivity index (χ0) is 17.8. The highest BCUT2D eigenvalue weighted by atomic mass is 19.1. The third-order valence-electron chi connectivity index (χ3n) is 4.02. The molecule has 0 radical (unpaired) electrons. The summed E-state index contributed by atoms with van der Waals surface area (Å²) in [6.45, 7) is 7.62. The number of rotatable bonds is 7. The molecule has 25 heavy (non-hydrogen) atoms.